The first kappa shape index (κ1) is 22.7. The smallest absolute Gasteiger partial charge is 0.328 e. The second-order valence-corrected chi connectivity index (χ2v) is 9.01. The summed E-state index contributed by atoms with van der Waals surface area (Å²) in [7, 11) is 1.32. The van der Waals surface area contributed by atoms with E-state index in [-0.39, 0.29) is 17.1 Å². The topological polar surface area (TPSA) is 68.5 Å². The van der Waals surface area contributed by atoms with E-state index in [1.54, 1.807) is 6.07 Å². The highest BCUT2D eigenvalue weighted by molar-refractivity contribution is 5.94. The summed E-state index contributed by atoms with van der Waals surface area (Å²) >= 11 is 0. The third-order valence-corrected chi connectivity index (χ3v) is 4.96. The normalized spacial score (nSPS) is 12.7. The van der Waals surface area contributed by atoms with Crippen molar-refractivity contribution >= 4 is 11.9 Å². The van der Waals surface area contributed by atoms with Crippen LogP contribution in [0.2, 0.25) is 0 Å². The summed E-state index contributed by atoms with van der Waals surface area (Å²) in [6.07, 6.45) is 1.11. The van der Waals surface area contributed by atoms with Gasteiger partial charge in [-0.15, -0.1) is 0 Å². The first-order chi connectivity index (χ1) is 13.5. The molecule has 0 saturated carbocycles. The van der Waals surface area contributed by atoms with E-state index < -0.39 is 17.9 Å². The highest BCUT2D eigenvalue weighted by atomic mass is 16.5. The van der Waals surface area contributed by atoms with Gasteiger partial charge in [0.2, 0.25) is 0 Å². The van der Waals surface area contributed by atoms with Crippen molar-refractivity contribution in [2.45, 2.75) is 65.8 Å². The number of esters is 1. The molecule has 0 aliphatic heterocycles. The molecule has 158 valence electrons. The van der Waals surface area contributed by atoms with Crippen LogP contribution in [-0.4, -0.2) is 25.0 Å². The largest absolute Gasteiger partial charge is 0.467 e. The molecular formula is C24H33NO4. The molecule has 0 aliphatic carbocycles. The SMILES string of the molecule is COC(=O)C(CC(C)C)NC(=O)c1ccc(Cc2cc(C(C)(C)C)ccc2C)o1. The van der Waals surface area contributed by atoms with Crippen LogP contribution in [0.15, 0.2) is 34.7 Å². The van der Waals surface area contributed by atoms with Gasteiger partial charge in [-0.2, -0.15) is 0 Å². The maximum atomic E-state index is 12.6. The van der Waals surface area contributed by atoms with Crippen molar-refractivity contribution in [2.24, 2.45) is 5.92 Å². The minimum absolute atomic E-state index is 0.0654. The molecule has 1 atom stereocenters. The predicted octanol–water partition coefficient (Wildman–Crippen LogP) is 4.79. The van der Waals surface area contributed by atoms with Crippen LogP contribution in [0.5, 0.6) is 0 Å². The molecule has 0 bridgehead atoms. The minimum Gasteiger partial charge on any atom is -0.467 e. The van der Waals surface area contributed by atoms with Gasteiger partial charge in [0.25, 0.3) is 5.91 Å². The minimum atomic E-state index is -0.688. The molecule has 1 aromatic carbocycles. The van der Waals surface area contributed by atoms with Crippen molar-refractivity contribution in [2.75, 3.05) is 7.11 Å². The lowest BCUT2D eigenvalue weighted by atomic mass is 9.85. The molecule has 1 heterocycles. The average Bonchev–Trinajstić information content (AvgIpc) is 3.09. The number of nitrogens with one attached hydrogen (secondary N) is 1. The van der Waals surface area contributed by atoms with Gasteiger partial charge in [-0.25, -0.2) is 4.79 Å². The Morgan fingerprint density at radius 1 is 1.14 bits per heavy atom. The van der Waals surface area contributed by atoms with E-state index in [0.717, 1.165) is 0 Å². The molecular weight excluding hydrogens is 366 g/mol. The van der Waals surface area contributed by atoms with Gasteiger partial charge in [-0.1, -0.05) is 52.8 Å². The maximum absolute atomic E-state index is 12.6. The second-order valence-electron chi connectivity index (χ2n) is 9.01. The van der Waals surface area contributed by atoms with E-state index in [2.05, 4.69) is 51.2 Å². The van der Waals surface area contributed by atoms with Crippen molar-refractivity contribution in [3.05, 3.63) is 58.5 Å². The van der Waals surface area contributed by atoms with Crippen molar-refractivity contribution in [3.63, 3.8) is 0 Å². The van der Waals surface area contributed by atoms with Gasteiger partial charge in [-0.3, -0.25) is 4.79 Å². The number of aryl methyl sites for hydroxylation is 1. The van der Waals surface area contributed by atoms with E-state index in [0.29, 0.717) is 18.6 Å². The van der Waals surface area contributed by atoms with Crippen LogP contribution in [-0.2, 0) is 21.4 Å². The van der Waals surface area contributed by atoms with Crippen molar-refractivity contribution in [1.82, 2.24) is 5.32 Å². The molecule has 5 heteroatoms. The Morgan fingerprint density at radius 2 is 1.83 bits per heavy atom. The summed E-state index contributed by atoms with van der Waals surface area (Å²) in [6.45, 7) is 12.6. The highest BCUT2D eigenvalue weighted by Gasteiger charge is 2.24. The predicted molar refractivity (Wildman–Crippen MR) is 114 cm³/mol. The Balaban J connectivity index is 2.14. The number of hydrogen-bond acceptors (Lipinski definition) is 4. The zero-order valence-corrected chi connectivity index (χ0v) is 18.6. The van der Waals surface area contributed by atoms with E-state index in [4.69, 9.17) is 9.15 Å². The van der Waals surface area contributed by atoms with Crippen LogP contribution in [0.25, 0.3) is 0 Å². The standard InChI is InChI=1S/C24H33NO4/c1-15(2)12-20(23(27)28-7)25-22(26)21-11-10-19(29-21)14-17-13-18(24(4,5)6)9-8-16(17)3/h8-11,13,15,20H,12,14H2,1-7H3,(H,25,26). The van der Waals surface area contributed by atoms with Crippen LogP contribution in [0, 0.1) is 12.8 Å². The molecule has 1 amide bonds. The number of hydrogen-bond donors (Lipinski definition) is 1. The third kappa shape index (κ3) is 6.21. The molecule has 2 rings (SSSR count). The lowest BCUT2D eigenvalue weighted by molar-refractivity contribution is -0.143. The number of benzene rings is 1. The van der Waals surface area contributed by atoms with E-state index >= 15 is 0 Å². The molecule has 0 aliphatic rings. The fraction of sp³-hybridized carbons (Fsp3) is 0.500. The quantitative estimate of drug-likeness (QED) is 0.680. The molecule has 0 fully saturated rings. The first-order valence-corrected chi connectivity index (χ1v) is 10.1. The molecule has 29 heavy (non-hydrogen) atoms. The molecule has 2 aromatic rings. The Labute approximate surface area is 173 Å². The molecule has 5 nitrogen and oxygen atoms in total. The molecule has 0 radical (unpaired) electrons. The molecule has 1 aromatic heterocycles. The van der Waals surface area contributed by atoms with Gasteiger partial charge in [0.1, 0.15) is 11.8 Å². The number of carbonyl (C=O) groups excluding carboxylic acids is 2. The summed E-state index contributed by atoms with van der Waals surface area (Å²) in [6, 6.07) is 9.26. The van der Waals surface area contributed by atoms with E-state index in [9.17, 15) is 9.59 Å². The number of amides is 1. The summed E-state index contributed by atoms with van der Waals surface area (Å²) in [4.78, 5) is 24.5. The first-order valence-electron chi connectivity index (χ1n) is 10.1. The fourth-order valence-corrected chi connectivity index (χ4v) is 3.17. The fourth-order valence-electron chi connectivity index (χ4n) is 3.17. The van der Waals surface area contributed by atoms with E-state index in [1.165, 1.54) is 23.8 Å². The molecule has 0 spiro atoms. The highest BCUT2D eigenvalue weighted by Crippen LogP contribution is 2.26. The Morgan fingerprint density at radius 3 is 2.41 bits per heavy atom. The maximum Gasteiger partial charge on any atom is 0.328 e. The summed E-state index contributed by atoms with van der Waals surface area (Å²) in [5, 5.41) is 2.73. The zero-order chi connectivity index (χ0) is 21.8. The lowest BCUT2D eigenvalue weighted by Crippen LogP contribution is -2.42. The van der Waals surface area contributed by atoms with Crippen LogP contribution in [0.1, 0.15) is 74.0 Å². The van der Waals surface area contributed by atoms with Gasteiger partial charge in [0, 0.05) is 6.42 Å². The number of methoxy groups -OCH3 is 1. The zero-order valence-electron chi connectivity index (χ0n) is 18.6. The molecule has 1 unspecified atom stereocenters. The van der Waals surface area contributed by atoms with Gasteiger partial charge in [0.15, 0.2) is 5.76 Å². The van der Waals surface area contributed by atoms with Gasteiger partial charge >= 0.3 is 5.97 Å². The van der Waals surface area contributed by atoms with Crippen LogP contribution in [0.3, 0.4) is 0 Å². The van der Waals surface area contributed by atoms with Crippen molar-refractivity contribution in [1.29, 1.82) is 0 Å². The molecule has 0 saturated heterocycles. The van der Waals surface area contributed by atoms with Crippen molar-refractivity contribution in [3.8, 4) is 0 Å². The summed E-state index contributed by atoms with van der Waals surface area (Å²) in [5.41, 5.74) is 3.68. The monoisotopic (exact) mass is 399 g/mol. The van der Waals surface area contributed by atoms with Gasteiger partial charge < -0.3 is 14.5 Å². The van der Waals surface area contributed by atoms with Gasteiger partial charge in [-0.05, 0) is 53.5 Å². The second kappa shape index (κ2) is 9.29. The number of ether oxygens (including phenoxy) is 1. The Bertz CT molecular complexity index is 858. The third-order valence-electron chi connectivity index (χ3n) is 4.96. The number of rotatable bonds is 7. The summed E-state index contributed by atoms with van der Waals surface area (Å²) < 4.78 is 10.6. The van der Waals surface area contributed by atoms with Gasteiger partial charge in [0.05, 0.1) is 7.11 Å². The molecule has 1 N–H and O–H groups in total. The Kier molecular flexibility index (Phi) is 7.28. The van der Waals surface area contributed by atoms with Crippen LogP contribution in [0.4, 0.5) is 0 Å². The van der Waals surface area contributed by atoms with Crippen molar-refractivity contribution < 1.29 is 18.7 Å². The Hall–Kier alpha value is -2.56. The van der Waals surface area contributed by atoms with E-state index in [1.807, 2.05) is 19.9 Å². The number of carbonyl (C=O) groups is 2. The van der Waals surface area contributed by atoms with Crippen LogP contribution < -0.4 is 5.32 Å². The average molecular weight is 400 g/mol. The number of furan rings is 1. The van der Waals surface area contributed by atoms with Crippen LogP contribution >= 0.6 is 0 Å². The summed E-state index contributed by atoms with van der Waals surface area (Å²) in [5.74, 6) is 0.288. The lowest BCUT2D eigenvalue weighted by Gasteiger charge is -2.20.